The Kier molecular flexibility index (Phi) is 6.26. The fourth-order valence-electron chi connectivity index (χ4n) is 2.09. The SMILES string of the molecule is Cl.NCCNC(=O)C1CC(=O)N(c2ccc(Cl)cc2)C1. The average molecular weight is 318 g/mol. The van der Waals surface area contributed by atoms with Crippen LogP contribution < -0.4 is 16.0 Å². The van der Waals surface area contributed by atoms with Crippen molar-refractivity contribution in [1.29, 1.82) is 0 Å². The van der Waals surface area contributed by atoms with Crippen LogP contribution in [0, 0.1) is 5.92 Å². The average Bonchev–Trinajstić information content (AvgIpc) is 2.79. The third-order valence-electron chi connectivity index (χ3n) is 3.08. The molecule has 1 aliphatic heterocycles. The zero-order chi connectivity index (χ0) is 13.8. The van der Waals surface area contributed by atoms with Crippen LogP contribution in [0.2, 0.25) is 5.02 Å². The molecular weight excluding hydrogens is 301 g/mol. The van der Waals surface area contributed by atoms with Gasteiger partial charge in [-0.1, -0.05) is 11.6 Å². The number of hydrogen-bond donors (Lipinski definition) is 2. The van der Waals surface area contributed by atoms with Crippen molar-refractivity contribution in [1.82, 2.24) is 5.32 Å². The summed E-state index contributed by atoms with van der Waals surface area (Å²) in [6, 6.07) is 7.01. The Morgan fingerprint density at radius 2 is 2.05 bits per heavy atom. The van der Waals surface area contributed by atoms with E-state index in [1.165, 1.54) is 0 Å². The number of nitrogens with two attached hydrogens (primary N) is 1. The number of carbonyl (C=O) groups excluding carboxylic acids is 2. The van der Waals surface area contributed by atoms with Crippen LogP contribution in [-0.2, 0) is 9.59 Å². The highest BCUT2D eigenvalue weighted by atomic mass is 35.5. The third kappa shape index (κ3) is 3.85. The summed E-state index contributed by atoms with van der Waals surface area (Å²) in [7, 11) is 0. The molecule has 3 N–H and O–H groups in total. The quantitative estimate of drug-likeness (QED) is 0.876. The maximum absolute atomic E-state index is 11.9. The van der Waals surface area contributed by atoms with Crippen LogP contribution >= 0.6 is 24.0 Å². The van der Waals surface area contributed by atoms with Crippen molar-refractivity contribution in [2.75, 3.05) is 24.5 Å². The predicted molar refractivity (Wildman–Crippen MR) is 81.2 cm³/mol. The smallest absolute Gasteiger partial charge is 0.227 e. The molecule has 0 aliphatic carbocycles. The zero-order valence-electron chi connectivity index (χ0n) is 10.8. The lowest BCUT2D eigenvalue weighted by molar-refractivity contribution is -0.126. The number of hydrogen-bond acceptors (Lipinski definition) is 3. The standard InChI is InChI=1S/C13H16ClN3O2.ClH/c14-10-1-3-11(4-2-10)17-8-9(7-12(17)18)13(19)16-6-5-15;/h1-4,9H,5-8,15H2,(H,16,19);1H. The minimum atomic E-state index is -0.310. The van der Waals surface area contributed by atoms with Gasteiger partial charge in [0.15, 0.2) is 0 Å². The van der Waals surface area contributed by atoms with Crippen LogP contribution in [0.4, 0.5) is 5.69 Å². The van der Waals surface area contributed by atoms with Crippen molar-refractivity contribution in [2.24, 2.45) is 11.7 Å². The number of benzene rings is 1. The van der Waals surface area contributed by atoms with Crippen molar-refractivity contribution >= 4 is 41.5 Å². The lowest BCUT2D eigenvalue weighted by Crippen LogP contribution is -2.35. The molecule has 1 aliphatic rings. The molecule has 1 heterocycles. The largest absolute Gasteiger partial charge is 0.355 e. The fraction of sp³-hybridized carbons (Fsp3) is 0.385. The number of carbonyl (C=O) groups is 2. The van der Waals surface area contributed by atoms with Crippen molar-refractivity contribution in [2.45, 2.75) is 6.42 Å². The molecule has 7 heteroatoms. The number of anilines is 1. The lowest BCUT2D eigenvalue weighted by Gasteiger charge is -2.16. The van der Waals surface area contributed by atoms with E-state index in [1.807, 2.05) is 0 Å². The van der Waals surface area contributed by atoms with Crippen LogP contribution in [0.1, 0.15) is 6.42 Å². The van der Waals surface area contributed by atoms with Gasteiger partial charge in [-0.25, -0.2) is 0 Å². The molecule has 0 radical (unpaired) electrons. The monoisotopic (exact) mass is 317 g/mol. The molecule has 2 rings (SSSR count). The third-order valence-corrected chi connectivity index (χ3v) is 3.33. The Labute approximate surface area is 128 Å². The summed E-state index contributed by atoms with van der Waals surface area (Å²) >= 11 is 5.81. The van der Waals surface area contributed by atoms with Gasteiger partial charge in [0.05, 0.1) is 5.92 Å². The molecule has 1 fully saturated rings. The van der Waals surface area contributed by atoms with Gasteiger partial charge in [-0.2, -0.15) is 0 Å². The zero-order valence-corrected chi connectivity index (χ0v) is 12.4. The second kappa shape index (κ2) is 7.47. The number of rotatable bonds is 4. The minimum Gasteiger partial charge on any atom is -0.355 e. The number of nitrogens with zero attached hydrogens (tertiary/aromatic N) is 1. The van der Waals surface area contributed by atoms with Gasteiger partial charge in [0.2, 0.25) is 11.8 Å². The van der Waals surface area contributed by atoms with Gasteiger partial charge in [-0.15, -0.1) is 12.4 Å². The van der Waals surface area contributed by atoms with Gasteiger partial charge < -0.3 is 16.0 Å². The van der Waals surface area contributed by atoms with Gasteiger partial charge in [0.25, 0.3) is 0 Å². The van der Waals surface area contributed by atoms with Crippen molar-refractivity contribution in [3.05, 3.63) is 29.3 Å². The van der Waals surface area contributed by atoms with Crippen LogP contribution in [0.25, 0.3) is 0 Å². The first-order valence-corrected chi connectivity index (χ1v) is 6.53. The molecule has 20 heavy (non-hydrogen) atoms. The van der Waals surface area contributed by atoms with E-state index >= 15 is 0 Å². The summed E-state index contributed by atoms with van der Waals surface area (Å²) in [6.07, 6.45) is 0.235. The van der Waals surface area contributed by atoms with Gasteiger partial charge in [0, 0.05) is 36.8 Å². The van der Waals surface area contributed by atoms with Crippen LogP contribution in [0.15, 0.2) is 24.3 Å². The molecule has 1 saturated heterocycles. The molecule has 2 amide bonds. The molecular formula is C13H17Cl2N3O2. The molecule has 5 nitrogen and oxygen atoms in total. The molecule has 1 unspecified atom stereocenters. The highest BCUT2D eigenvalue weighted by Gasteiger charge is 2.34. The summed E-state index contributed by atoms with van der Waals surface area (Å²) in [5.74, 6) is -0.472. The summed E-state index contributed by atoms with van der Waals surface area (Å²) in [6.45, 7) is 1.23. The molecule has 1 aromatic carbocycles. The van der Waals surface area contributed by atoms with E-state index in [0.29, 0.717) is 24.7 Å². The summed E-state index contributed by atoms with van der Waals surface area (Å²) in [4.78, 5) is 25.4. The highest BCUT2D eigenvalue weighted by molar-refractivity contribution is 6.30. The van der Waals surface area contributed by atoms with E-state index in [2.05, 4.69) is 5.32 Å². The van der Waals surface area contributed by atoms with Gasteiger partial charge in [-0.05, 0) is 24.3 Å². The first-order chi connectivity index (χ1) is 9.11. The molecule has 0 bridgehead atoms. The van der Waals surface area contributed by atoms with Gasteiger partial charge in [-0.3, -0.25) is 9.59 Å². The van der Waals surface area contributed by atoms with Gasteiger partial charge >= 0.3 is 0 Å². The summed E-state index contributed by atoms with van der Waals surface area (Å²) in [5.41, 5.74) is 6.10. The van der Waals surface area contributed by atoms with Crippen molar-refractivity contribution < 1.29 is 9.59 Å². The Bertz CT molecular complexity index is 479. The second-order valence-electron chi connectivity index (χ2n) is 4.46. The minimum absolute atomic E-state index is 0. The van der Waals surface area contributed by atoms with E-state index in [9.17, 15) is 9.59 Å². The second-order valence-corrected chi connectivity index (χ2v) is 4.90. The summed E-state index contributed by atoms with van der Waals surface area (Å²) < 4.78 is 0. The van der Waals surface area contributed by atoms with Crippen molar-refractivity contribution in [3.8, 4) is 0 Å². The van der Waals surface area contributed by atoms with Crippen molar-refractivity contribution in [3.63, 3.8) is 0 Å². The van der Waals surface area contributed by atoms with Crippen LogP contribution in [-0.4, -0.2) is 31.4 Å². The van der Waals surface area contributed by atoms with E-state index in [4.69, 9.17) is 17.3 Å². The predicted octanol–water partition coefficient (Wildman–Crippen LogP) is 1.19. The molecule has 0 saturated carbocycles. The normalized spacial score (nSPS) is 17.8. The number of nitrogens with one attached hydrogen (secondary N) is 1. The molecule has 0 aromatic heterocycles. The molecule has 1 atom stereocenters. The summed E-state index contributed by atoms with van der Waals surface area (Å²) in [5, 5.41) is 3.33. The Balaban J connectivity index is 0.00000200. The van der Waals surface area contributed by atoms with Gasteiger partial charge in [0.1, 0.15) is 0 Å². The van der Waals surface area contributed by atoms with E-state index in [1.54, 1.807) is 29.2 Å². The fourth-order valence-corrected chi connectivity index (χ4v) is 2.22. The Hall–Kier alpha value is -1.30. The first kappa shape index (κ1) is 16.8. The van der Waals surface area contributed by atoms with Crippen LogP contribution in [0.3, 0.4) is 0 Å². The maximum Gasteiger partial charge on any atom is 0.227 e. The van der Waals surface area contributed by atoms with E-state index in [-0.39, 0.29) is 36.6 Å². The molecule has 110 valence electrons. The number of amides is 2. The van der Waals surface area contributed by atoms with E-state index in [0.717, 1.165) is 5.69 Å². The van der Waals surface area contributed by atoms with E-state index < -0.39 is 0 Å². The number of halogens is 2. The lowest BCUT2D eigenvalue weighted by atomic mass is 10.1. The van der Waals surface area contributed by atoms with Crippen LogP contribution in [0.5, 0.6) is 0 Å². The Morgan fingerprint density at radius 3 is 2.65 bits per heavy atom. The first-order valence-electron chi connectivity index (χ1n) is 6.15. The molecule has 0 spiro atoms. The highest BCUT2D eigenvalue weighted by Crippen LogP contribution is 2.26. The topological polar surface area (TPSA) is 75.4 Å². The maximum atomic E-state index is 11.9. The Morgan fingerprint density at radius 1 is 1.40 bits per heavy atom. The molecule has 1 aromatic rings.